The van der Waals surface area contributed by atoms with Gasteiger partial charge in [0, 0.05) is 24.2 Å². The summed E-state index contributed by atoms with van der Waals surface area (Å²) in [4.78, 5) is 4.39. The highest BCUT2D eigenvalue weighted by Gasteiger charge is 2.06. The fourth-order valence-corrected chi connectivity index (χ4v) is 2.67. The summed E-state index contributed by atoms with van der Waals surface area (Å²) >= 11 is 1.65. The van der Waals surface area contributed by atoms with Crippen LogP contribution in [-0.4, -0.2) is 31.5 Å². The van der Waals surface area contributed by atoms with Crippen LogP contribution in [0.5, 0.6) is 0 Å². The van der Waals surface area contributed by atoms with Crippen LogP contribution < -0.4 is 5.32 Å². The van der Waals surface area contributed by atoms with Gasteiger partial charge in [-0.05, 0) is 6.42 Å². The van der Waals surface area contributed by atoms with E-state index in [-0.39, 0.29) is 11.5 Å². The van der Waals surface area contributed by atoms with Gasteiger partial charge in [0.25, 0.3) is 0 Å². The molecule has 1 aromatic heterocycles. The van der Waals surface area contributed by atoms with Gasteiger partial charge in [0.05, 0.1) is 16.5 Å². The van der Waals surface area contributed by atoms with Gasteiger partial charge >= 0.3 is 0 Å². The number of thiazole rings is 1. The molecule has 0 unspecified atom stereocenters. The maximum absolute atomic E-state index is 11.2. The Bertz CT molecular complexity index is 412. The molecule has 0 fully saturated rings. The third kappa shape index (κ3) is 4.59. The van der Waals surface area contributed by atoms with Crippen LogP contribution in [0.2, 0.25) is 0 Å². The zero-order chi connectivity index (χ0) is 12.0. The molecule has 6 heteroatoms. The summed E-state index contributed by atoms with van der Waals surface area (Å²) in [6, 6.07) is 0. The molecule has 0 atom stereocenters. The van der Waals surface area contributed by atoms with E-state index in [1.807, 2.05) is 5.38 Å². The van der Waals surface area contributed by atoms with Crippen molar-refractivity contribution in [3.05, 3.63) is 16.1 Å². The third-order valence-corrected chi connectivity index (χ3v) is 4.99. The first-order valence-corrected chi connectivity index (χ1v) is 8.12. The zero-order valence-electron chi connectivity index (χ0n) is 9.69. The van der Waals surface area contributed by atoms with E-state index in [1.165, 1.54) is 0 Å². The van der Waals surface area contributed by atoms with Crippen molar-refractivity contribution in [2.75, 3.05) is 18.1 Å². The minimum Gasteiger partial charge on any atom is -0.310 e. The molecular formula is C10H18N2O2S2. The first-order valence-electron chi connectivity index (χ1n) is 5.41. The molecule has 1 rings (SSSR count). The predicted molar refractivity (Wildman–Crippen MR) is 67.5 cm³/mol. The van der Waals surface area contributed by atoms with E-state index in [0.717, 1.165) is 17.1 Å². The van der Waals surface area contributed by atoms with Crippen molar-refractivity contribution in [1.82, 2.24) is 10.3 Å². The third-order valence-electron chi connectivity index (χ3n) is 2.24. The summed E-state index contributed by atoms with van der Waals surface area (Å²) < 4.78 is 22.4. The first-order chi connectivity index (χ1) is 7.57. The standard InChI is InChI=1S/C10H18N2O2S2/c1-3-10-12-9(8-15-10)7-11-5-6-16(13,14)4-2/h8,11H,3-7H2,1-2H3. The fourth-order valence-electron chi connectivity index (χ4n) is 1.18. The fraction of sp³-hybridized carbons (Fsp3) is 0.700. The summed E-state index contributed by atoms with van der Waals surface area (Å²) in [5, 5.41) is 6.23. The highest BCUT2D eigenvalue weighted by molar-refractivity contribution is 7.91. The molecular weight excluding hydrogens is 244 g/mol. The average Bonchev–Trinajstić information content (AvgIpc) is 2.72. The van der Waals surface area contributed by atoms with Crippen molar-refractivity contribution in [3.8, 4) is 0 Å². The van der Waals surface area contributed by atoms with E-state index in [0.29, 0.717) is 13.1 Å². The van der Waals surface area contributed by atoms with Gasteiger partial charge in [-0.2, -0.15) is 0 Å². The monoisotopic (exact) mass is 262 g/mol. The van der Waals surface area contributed by atoms with E-state index < -0.39 is 9.84 Å². The van der Waals surface area contributed by atoms with Crippen LogP contribution in [0.4, 0.5) is 0 Å². The van der Waals surface area contributed by atoms with E-state index >= 15 is 0 Å². The summed E-state index contributed by atoms with van der Waals surface area (Å²) in [5.74, 6) is 0.416. The van der Waals surface area contributed by atoms with Gasteiger partial charge in [-0.25, -0.2) is 13.4 Å². The minimum atomic E-state index is -2.85. The maximum atomic E-state index is 11.2. The molecule has 16 heavy (non-hydrogen) atoms. The lowest BCUT2D eigenvalue weighted by atomic mass is 10.4. The Morgan fingerprint density at radius 3 is 2.75 bits per heavy atom. The molecule has 0 amide bonds. The Hall–Kier alpha value is -0.460. The normalized spacial score (nSPS) is 11.9. The number of hydrogen-bond acceptors (Lipinski definition) is 5. The van der Waals surface area contributed by atoms with Crippen molar-refractivity contribution in [1.29, 1.82) is 0 Å². The lowest BCUT2D eigenvalue weighted by molar-refractivity contribution is 0.591. The number of nitrogens with zero attached hydrogens (tertiary/aromatic N) is 1. The van der Waals surface area contributed by atoms with Gasteiger partial charge in [-0.1, -0.05) is 13.8 Å². The quantitative estimate of drug-likeness (QED) is 0.751. The SMILES string of the molecule is CCc1nc(CNCCS(=O)(=O)CC)cs1. The second kappa shape index (κ2) is 6.32. The molecule has 0 spiro atoms. The second-order valence-corrected chi connectivity index (χ2v) is 6.91. The number of hydrogen-bond donors (Lipinski definition) is 1. The molecule has 0 aliphatic rings. The highest BCUT2D eigenvalue weighted by Crippen LogP contribution is 2.09. The molecule has 1 heterocycles. The topological polar surface area (TPSA) is 59.1 Å². The molecule has 0 saturated heterocycles. The minimum absolute atomic E-state index is 0.203. The molecule has 92 valence electrons. The van der Waals surface area contributed by atoms with E-state index in [1.54, 1.807) is 18.3 Å². The molecule has 1 N–H and O–H groups in total. The van der Waals surface area contributed by atoms with E-state index in [2.05, 4.69) is 17.2 Å². The van der Waals surface area contributed by atoms with Crippen molar-refractivity contribution in [3.63, 3.8) is 0 Å². The molecule has 0 bridgehead atoms. The van der Waals surface area contributed by atoms with Crippen LogP contribution in [-0.2, 0) is 22.8 Å². The van der Waals surface area contributed by atoms with Gasteiger partial charge in [-0.15, -0.1) is 11.3 Å². The maximum Gasteiger partial charge on any atom is 0.151 e. The smallest absolute Gasteiger partial charge is 0.151 e. The molecule has 1 aromatic rings. The van der Waals surface area contributed by atoms with Gasteiger partial charge < -0.3 is 5.32 Å². The Kier molecular flexibility index (Phi) is 5.37. The van der Waals surface area contributed by atoms with E-state index in [4.69, 9.17) is 0 Å². The molecule has 4 nitrogen and oxygen atoms in total. The summed E-state index contributed by atoms with van der Waals surface area (Å²) in [7, 11) is -2.85. The Labute approximate surface area is 101 Å². The van der Waals surface area contributed by atoms with Gasteiger partial charge in [0.1, 0.15) is 0 Å². The van der Waals surface area contributed by atoms with Crippen LogP contribution in [0.15, 0.2) is 5.38 Å². The first kappa shape index (κ1) is 13.6. The van der Waals surface area contributed by atoms with Crippen molar-refractivity contribution in [2.45, 2.75) is 26.8 Å². The Morgan fingerprint density at radius 1 is 1.44 bits per heavy atom. The van der Waals surface area contributed by atoms with Crippen LogP contribution in [0.1, 0.15) is 24.5 Å². The lowest BCUT2D eigenvalue weighted by Crippen LogP contribution is -2.23. The Morgan fingerprint density at radius 2 is 2.19 bits per heavy atom. The number of sulfone groups is 1. The van der Waals surface area contributed by atoms with Gasteiger partial charge in [-0.3, -0.25) is 0 Å². The predicted octanol–water partition coefficient (Wildman–Crippen LogP) is 1.23. The van der Waals surface area contributed by atoms with E-state index in [9.17, 15) is 8.42 Å². The number of rotatable bonds is 7. The molecule has 0 radical (unpaired) electrons. The van der Waals surface area contributed by atoms with Crippen LogP contribution in [0.3, 0.4) is 0 Å². The van der Waals surface area contributed by atoms with Gasteiger partial charge in [0.2, 0.25) is 0 Å². The summed E-state index contributed by atoms with van der Waals surface area (Å²) in [6.45, 7) is 4.89. The van der Waals surface area contributed by atoms with Gasteiger partial charge in [0.15, 0.2) is 9.84 Å². The van der Waals surface area contributed by atoms with Crippen LogP contribution >= 0.6 is 11.3 Å². The summed E-state index contributed by atoms with van der Waals surface area (Å²) in [5.41, 5.74) is 0.996. The van der Waals surface area contributed by atoms with Crippen LogP contribution in [0, 0.1) is 0 Å². The number of aryl methyl sites for hydroxylation is 1. The molecule has 0 saturated carbocycles. The Balaban J connectivity index is 2.26. The van der Waals surface area contributed by atoms with Crippen LogP contribution in [0.25, 0.3) is 0 Å². The van der Waals surface area contributed by atoms with Crippen molar-refractivity contribution >= 4 is 21.2 Å². The number of nitrogens with one attached hydrogen (secondary N) is 1. The average molecular weight is 262 g/mol. The summed E-state index contributed by atoms with van der Waals surface area (Å²) in [6.07, 6.45) is 0.953. The molecule has 0 aliphatic heterocycles. The lowest BCUT2D eigenvalue weighted by Gasteiger charge is -2.02. The highest BCUT2D eigenvalue weighted by atomic mass is 32.2. The second-order valence-electron chi connectivity index (χ2n) is 3.50. The largest absolute Gasteiger partial charge is 0.310 e. The zero-order valence-corrected chi connectivity index (χ0v) is 11.3. The van der Waals surface area contributed by atoms with Crippen molar-refractivity contribution < 1.29 is 8.42 Å². The number of aromatic nitrogens is 1. The molecule has 0 aromatic carbocycles. The molecule has 0 aliphatic carbocycles. The van der Waals surface area contributed by atoms with Crippen molar-refractivity contribution in [2.24, 2.45) is 0 Å².